The second-order valence-electron chi connectivity index (χ2n) is 3.89. The molecule has 2 rings (SSSR count). The molecule has 1 nitrogen and oxygen atoms in total. The molecule has 0 bridgehead atoms. The summed E-state index contributed by atoms with van der Waals surface area (Å²) in [6.45, 7) is 2.86. The van der Waals surface area contributed by atoms with Crippen LogP contribution in [0, 0.1) is 5.92 Å². The molecule has 0 saturated carbocycles. The van der Waals surface area contributed by atoms with Crippen molar-refractivity contribution in [3.63, 3.8) is 0 Å². The molecule has 0 aromatic heterocycles. The largest absolute Gasteiger partial charge is 0.369 e. The van der Waals surface area contributed by atoms with E-state index in [-0.39, 0.29) is 6.10 Å². The maximum atomic E-state index is 5.84. The summed E-state index contributed by atoms with van der Waals surface area (Å²) < 4.78 is 5.84. The van der Waals surface area contributed by atoms with Gasteiger partial charge < -0.3 is 4.74 Å². The molecule has 0 fully saturated rings. The van der Waals surface area contributed by atoms with Gasteiger partial charge in [0.25, 0.3) is 0 Å². The maximum Gasteiger partial charge on any atom is 0.0823 e. The van der Waals surface area contributed by atoms with E-state index in [1.165, 1.54) is 5.56 Å². The predicted molar refractivity (Wildman–Crippen MR) is 62.5 cm³/mol. The first-order valence-electron chi connectivity index (χ1n) is 5.37. The minimum atomic E-state index is 0.218. The molecule has 0 spiro atoms. The second-order valence-corrected chi connectivity index (χ2v) is 3.89. The summed E-state index contributed by atoms with van der Waals surface area (Å²) >= 11 is 0. The second kappa shape index (κ2) is 4.94. The Kier molecular flexibility index (Phi) is 3.36. The lowest BCUT2D eigenvalue weighted by Gasteiger charge is -2.20. The van der Waals surface area contributed by atoms with Gasteiger partial charge in [-0.3, -0.25) is 0 Å². The van der Waals surface area contributed by atoms with Gasteiger partial charge in [0.2, 0.25) is 0 Å². The fourth-order valence-electron chi connectivity index (χ4n) is 1.67. The van der Waals surface area contributed by atoms with Crippen LogP contribution < -0.4 is 0 Å². The monoisotopic (exact) mass is 200 g/mol. The van der Waals surface area contributed by atoms with Crippen LogP contribution >= 0.6 is 0 Å². The number of hydrogen-bond acceptors (Lipinski definition) is 1. The molecule has 0 heterocycles. The molecular formula is C14H16O. The molecule has 1 aliphatic carbocycles. The molecule has 78 valence electrons. The van der Waals surface area contributed by atoms with Crippen molar-refractivity contribution in [1.29, 1.82) is 0 Å². The minimum Gasteiger partial charge on any atom is -0.369 e. The summed E-state index contributed by atoms with van der Waals surface area (Å²) in [4.78, 5) is 0. The van der Waals surface area contributed by atoms with Crippen molar-refractivity contribution in [2.75, 3.05) is 0 Å². The predicted octanol–water partition coefficient (Wildman–Crippen LogP) is 3.33. The fourth-order valence-corrected chi connectivity index (χ4v) is 1.67. The maximum absolute atomic E-state index is 5.84. The van der Waals surface area contributed by atoms with Gasteiger partial charge in [-0.25, -0.2) is 0 Å². The first kappa shape index (κ1) is 10.2. The molecular weight excluding hydrogens is 184 g/mol. The Bertz CT molecular complexity index is 351. The number of ether oxygens (including phenoxy) is 1. The molecule has 0 amide bonds. The highest BCUT2D eigenvalue weighted by molar-refractivity contribution is 5.16. The van der Waals surface area contributed by atoms with E-state index < -0.39 is 0 Å². The summed E-state index contributed by atoms with van der Waals surface area (Å²) in [6, 6.07) is 10.3. The van der Waals surface area contributed by atoms with Crippen LogP contribution in [0.15, 0.2) is 54.6 Å². The van der Waals surface area contributed by atoms with E-state index in [9.17, 15) is 0 Å². The average Bonchev–Trinajstić information content (AvgIpc) is 2.29. The minimum absolute atomic E-state index is 0.218. The van der Waals surface area contributed by atoms with Gasteiger partial charge in [-0.15, -0.1) is 0 Å². The van der Waals surface area contributed by atoms with Gasteiger partial charge in [-0.1, -0.05) is 61.6 Å². The molecule has 1 aromatic carbocycles. The van der Waals surface area contributed by atoms with Crippen LogP contribution in [0.4, 0.5) is 0 Å². The van der Waals surface area contributed by atoms with E-state index in [1.807, 2.05) is 18.2 Å². The Balaban J connectivity index is 1.89. The van der Waals surface area contributed by atoms with Crippen molar-refractivity contribution in [3.05, 3.63) is 60.2 Å². The highest BCUT2D eigenvalue weighted by Crippen LogP contribution is 2.16. The van der Waals surface area contributed by atoms with Crippen LogP contribution in [-0.4, -0.2) is 6.10 Å². The molecule has 15 heavy (non-hydrogen) atoms. The Labute approximate surface area is 91.1 Å². The Hall–Kier alpha value is -1.34. The van der Waals surface area contributed by atoms with Gasteiger partial charge in [0.05, 0.1) is 12.7 Å². The van der Waals surface area contributed by atoms with Crippen LogP contribution in [0.1, 0.15) is 12.5 Å². The third-order valence-electron chi connectivity index (χ3n) is 2.63. The Morgan fingerprint density at radius 1 is 1.07 bits per heavy atom. The van der Waals surface area contributed by atoms with Crippen molar-refractivity contribution in [1.82, 2.24) is 0 Å². The fraction of sp³-hybridized carbons (Fsp3) is 0.286. The molecule has 1 aromatic rings. The quantitative estimate of drug-likeness (QED) is 0.727. The normalized spacial score (nSPS) is 24.3. The lowest BCUT2D eigenvalue weighted by Crippen LogP contribution is -2.19. The van der Waals surface area contributed by atoms with Crippen LogP contribution in [0.3, 0.4) is 0 Å². The SMILES string of the molecule is C[C@@H]1C=CC=C[C@H]1OCc1ccccc1. The third-order valence-corrected chi connectivity index (χ3v) is 2.63. The lowest BCUT2D eigenvalue weighted by atomic mass is 10.00. The van der Waals surface area contributed by atoms with E-state index in [4.69, 9.17) is 4.74 Å². The van der Waals surface area contributed by atoms with Crippen molar-refractivity contribution in [3.8, 4) is 0 Å². The molecule has 0 unspecified atom stereocenters. The topological polar surface area (TPSA) is 9.23 Å². The van der Waals surface area contributed by atoms with Crippen molar-refractivity contribution >= 4 is 0 Å². The summed E-state index contributed by atoms with van der Waals surface area (Å²) in [5.41, 5.74) is 1.23. The van der Waals surface area contributed by atoms with Crippen molar-refractivity contribution in [2.45, 2.75) is 19.6 Å². The number of rotatable bonds is 3. The van der Waals surface area contributed by atoms with E-state index in [2.05, 4.69) is 43.4 Å². The summed E-state index contributed by atoms with van der Waals surface area (Å²) in [5, 5.41) is 0. The number of benzene rings is 1. The van der Waals surface area contributed by atoms with E-state index in [1.54, 1.807) is 0 Å². The Morgan fingerprint density at radius 2 is 1.80 bits per heavy atom. The van der Waals surface area contributed by atoms with Crippen molar-refractivity contribution in [2.24, 2.45) is 5.92 Å². The molecule has 0 radical (unpaired) electrons. The van der Waals surface area contributed by atoms with Gasteiger partial charge in [-0.05, 0) is 5.56 Å². The number of hydrogen-bond donors (Lipinski definition) is 0. The highest BCUT2D eigenvalue weighted by atomic mass is 16.5. The molecule has 1 aliphatic rings. The standard InChI is InChI=1S/C14H16O/c1-12-7-5-6-10-14(12)15-11-13-8-3-2-4-9-13/h2-10,12,14H,11H2,1H3/t12-,14-/m1/s1. The van der Waals surface area contributed by atoms with Gasteiger partial charge in [0.1, 0.15) is 0 Å². The van der Waals surface area contributed by atoms with Gasteiger partial charge in [0, 0.05) is 5.92 Å². The van der Waals surface area contributed by atoms with E-state index >= 15 is 0 Å². The van der Waals surface area contributed by atoms with Crippen LogP contribution in [0.25, 0.3) is 0 Å². The zero-order valence-corrected chi connectivity index (χ0v) is 8.97. The third kappa shape index (κ3) is 2.80. The first-order chi connectivity index (χ1) is 7.36. The molecule has 0 aliphatic heterocycles. The summed E-state index contributed by atoms with van der Waals surface area (Å²) in [7, 11) is 0. The molecule has 0 saturated heterocycles. The lowest BCUT2D eigenvalue weighted by molar-refractivity contribution is 0.0492. The smallest absolute Gasteiger partial charge is 0.0823 e. The van der Waals surface area contributed by atoms with Gasteiger partial charge in [0.15, 0.2) is 0 Å². The zero-order chi connectivity index (χ0) is 10.5. The molecule has 0 N–H and O–H groups in total. The van der Waals surface area contributed by atoms with Gasteiger partial charge in [-0.2, -0.15) is 0 Å². The van der Waals surface area contributed by atoms with E-state index in [0.29, 0.717) is 12.5 Å². The Morgan fingerprint density at radius 3 is 2.53 bits per heavy atom. The first-order valence-corrected chi connectivity index (χ1v) is 5.37. The van der Waals surface area contributed by atoms with E-state index in [0.717, 1.165) is 0 Å². The highest BCUT2D eigenvalue weighted by Gasteiger charge is 2.13. The van der Waals surface area contributed by atoms with Gasteiger partial charge >= 0.3 is 0 Å². The van der Waals surface area contributed by atoms with Crippen LogP contribution in [0.5, 0.6) is 0 Å². The molecule has 2 atom stereocenters. The zero-order valence-electron chi connectivity index (χ0n) is 8.97. The number of allylic oxidation sites excluding steroid dienone is 2. The van der Waals surface area contributed by atoms with Crippen LogP contribution in [-0.2, 0) is 11.3 Å². The average molecular weight is 200 g/mol. The summed E-state index contributed by atoms with van der Waals surface area (Å²) in [5.74, 6) is 0.471. The summed E-state index contributed by atoms with van der Waals surface area (Å²) in [6.07, 6.45) is 8.64. The van der Waals surface area contributed by atoms with Crippen molar-refractivity contribution < 1.29 is 4.74 Å². The molecule has 1 heteroatoms. The van der Waals surface area contributed by atoms with Crippen LogP contribution in [0.2, 0.25) is 0 Å².